The summed E-state index contributed by atoms with van der Waals surface area (Å²) in [6.45, 7) is 0. The number of sulfone groups is 1. The van der Waals surface area contributed by atoms with Crippen molar-refractivity contribution in [2.45, 2.75) is 4.90 Å². The van der Waals surface area contributed by atoms with Gasteiger partial charge in [0.25, 0.3) is 0 Å². The number of benzene rings is 1. The first-order chi connectivity index (χ1) is 8.00. The molecule has 0 atom stereocenters. The molecule has 1 heterocycles. The Kier molecular flexibility index (Phi) is 3.17. The van der Waals surface area contributed by atoms with Crippen LogP contribution >= 0.6 is 11.6 Å². The van der Waals surface area contributed by atoms with Crippen LogP contribution in [0.5, 0.6) is 0 Å². The molecular weight excluding hydrogens is 258 g/mol. The summed E-state index contributed by atoms with van der Waals surface area (Å²) in [5.74, 6) is 0. The average molecular weight is 268 g/mol. The van der Waals surface area contributed by atoms with E-state index in [0.29, 0.717) is 11.3 Å². The third kappa shape index (κ3) is 2.48. The van der Waals surface area contributed by atoms with Gasteiger partial charge in [0.05, 0.1) is 15.6 Å². The Morgan fingerprint density at radius 3 is 2.47 bits per heavy atom. The van der Waals surface area contributed by atoms with Crippen LogP contribution < -0.4 is 0 Å². The van der Waals surface area contributed by atoms with Crippen molar-refractivity contribution in [2.24, 2.45) is 0 Å². The zero-order chi connectivity index (χ0) is 12.5. The summed E-state index contributed by atoms with van der Waals surface area (Å²) in [5, 5.41) is 0.216. The minimum Gasteiger partial charge on any atom is -0.256 e. The van der Waals surface area contributed by atoms with Gasteiger partial charge in [0.15, 0.2) is 9.84 Å². The van der Waals surface area contributed by atoms with E-state index in [0.717, 1.165) is 6.26 Å². The van der Waals surface area contributed by atoms with E-state index in [4.69, 9.17) is 11.6 Å². The number of halogens is 1. The highest BCUT2D eigenvalue weighted by Gasteiger charge is 2.15. The lowest BCUT2D eigenvalue weighted by Crippen LogP contribution is -1.99. The van der Waals surface area contributed by atoms with Crippen LogP contribution in [0.1, 0.15) is 0 Å². The molecule has 0 radical (unpaired) electrons. The fraction of sp³-hybridized carbons (Fsp3) is 0.0833. The first-order valence-corrected chi connectivity index (χ1v) is 7.17. The van der Waals surface area contributed by atoms with E-state index < -0.39 is 9.84 Å². The Morgan fingerprint density at radius 1 is 1.12 bits per heavy atom. The van der Waals surface area contributed by atoms with E-state index in [2.05, 4.69) is 4.98 Å². The van der Waals surface area contributed by atoms with Crippen LogP contribution in [0.3, 0.4) is 0 Å². The first-order valence-electron chi connectivity index (χ1n) is 4.90. The third-order valence-corrected chi connectivity index (χ3v) is 3.96. The molecule has 2 rings (SSSR count). The standard InChI is InChI=1S/C12H10ClNO2S/c1-17(15,16)11-7-4-5-9(12(11)13)10-6-2-3-8-14-10/h2-8H,1H3. The number of aromatic nitrogens is 1. The molecule has 0 fully saturated rings. The molecule has 0 aliphatic heterocycles. The first kappa shape index (κ1) is 12.1. The summed E-state index contributed by atoms with van der Waals surface area (Å²) >= 11 is 6.11. The topological polar surface area (TPSA) is 47.0 Å². The second-order valence-electron chi connectivity index (χ2n) is 3.60. The quantitative estimate of drug-likeness (QED) is 0.841. The largest absolute Gasteiger partial charge is 0.256 e. The predicted molar refractivity (Wildman–Crippen MR) is 67.8 cm³/mol. The number of hydrogen-bond donors (Lipinski definition) is 0. The summed E-state index contributed by atoms with van der Waals surface area (Å²) in [6, 6.07) is 10.3. The van der Waals surface area contributed by atoms with Crippen LogP contribution in [0.2, 0.25) is 5.02 Å². The van der Waals surface area contributed by atoms with Crippen molar-refractivity contribution in [3.63, 3.8) is 0 Å². The molecular formula is C12H10ClNO2S. The minimum absolute atomic E-state index is 0.127. The van der Waals surface area contributed by atoms with Crippen molar-refractivity contribution >= 4 is 21.4 Å². The monoisotopic (exact) mass is 267 g/mol. The lowest BCUT2D eigenvalue weighted by atomic mass is 10.1. The maximum absolute atomic E-state index is 11.5. The van der Waals surface area contributed by atoms with E-state index >= 15 is 0 Å². The van der Waals surface area contributed by atoms with Crippen LogP contribution in [0.15, 0.2) is 47.5 Å². The van der Waals surface area contributed by atoms with Crippen LogP contribution in [0, 0.1) is 0 Å². The molecule has 0 unspecified atom stereocenters. The van der Waals surface area contributed by atoms with Gasteiger partial charge in [-0.1, -0.05) is 29.8 Å². The fourth-order valence-corrected chi connectivity index (χ4v) is 2.92. The molecule has 0 saturated heterocycles. The normalized spacial score (nSPS) is 11.4. The highest BCUT2D eigenvalue weighted by atomic mass is 35.5. The Labute approximate surface area is 105 Å². The number of pyridine rings is 1. The molecule has 0 amide bonds. The van der Waals surface area contributed by atoms with Gasteiger partial charge >= 0.3 is 0 Å². The summed E-state index contributed by atoms with van der Waals surface area (Å²) in [7, 11) is -3.32. The van der Waals surface area contributed by atoms with E-state index in [1.54, 1.807) is 30.5 Å². The maximum atomic E-state index is 11.5. The highest BCUT2D eigenvalue weighted by Crippen LogP contribution is 2.31. The van der Waals surface area contributed by atoms with E-state index in [1.165, 1.54) is 6.07 Å². The summed E-state index contributed by atoms with van der Waals surface area (Å²) in [6.07, 6.45) is 2.77. The summed E-state index contributed by atoms with van der Waals surface area (Å²) in [5.41, 5.74) is 1.28. The molecule has 2 aromatic rings. The van der Waals surface area contributed by atoms with Crippen LogP contribution in [0.4, 0.5) is 0 Å². The molecule has 0 aliphatic carbocycles. The molecule has 0 saturated carbocycles. The highest BCUT2D eigenvalue weighted by molar-refractivity contribution is 7.90. The lowest BCUT2D eigenvalue weighted by Gasteiger charge is -2.07. The van der Waals surface area contributed by atoms with Gasteiger partial charge in [0.2, 0.25) is 0 Å². The predicted octanol–water partition coefficient (Wildman–Crippen LogP) is 2.81. The van der Waals surface area contributed by atoms with Gasteiger partial charge < -0.3 is 0 Å². The second kappa shape index (κ2) is 4.47. The Balaban J connectivity index is 2.67. The van der Waals surface area contributed by atoms with Gasteiger partial charge in [0, 0.05) is 18.0 Å². The third-order valence-electron chi connectivity index (χ3n) is 2.30. The summed E-state index contributed by atoms with van der Waals surface area (Å²) in [4.78, 5) is 4.28. The molecule has 5 heteroatoms. The van der Waals surface area contributed by atoms with Gasteiger partial charge in [-0.15, -0.1) is 0 Å². The lowest BCUT2D eigenvalue weighted by molar-refractivity contribution is 0.602. The van der Waals surface area contributed by atoms with Gasteiger partial charge in [-0.05, 0) is 18.2 Å². The number of nitrogens with zero attached hydrogens (tertiary/aromatic N) is 1. The number of hydrogen-bond acceptors (Lipinski definition) is 3. The summed E-state index contributed by atoms with van der Waals surface area (Å²) < 4.78 is 23.1. The van der Waals surface area contributed by atoms with E-state index in [1.807, 2.05) is 6.07 Å². The van der Waals surface area contributed by atoms with Crippen LogP contribution in [-0.4, -0.2) is 19.7 Å². The van der Waals surface area contributed by atoms with Gasteiger partial charge in [-0.2, -0.15) is 0 Å². The molecule has 1 aromatic carbocycles. The number of rotatable bonds is 2. The Hall–Kier alpha value is -1.39. The van der Waals surface area contributed by atoms with E-state index in [-0.39, 0.29) is 9.92 Å². The molecule has 1 aromatic heterocycles. The minimum atomic E-state index is -3.32. The maximum Gasteiger partial charge on any atom is 0.177 e. The van der Waals surface area contributed by atoms with Crippen molar-refractivity contribution in [3.8, 4) is 11.3 Å². The van der Waals surface area contributed by atoms with Crippen molar-refractivity contribution in [3.05, 3.63) is 47.6 Å². The zero-order valence-electron chi connectivity index (χ0n) is 9.09. The molecule has 0 aliphatic rings. The molecule has 0 spiro atoms. The van der Waals surface area contributed by atoms with Gasteiger partial charge in [0.1, 0.15) is 0 Å². The van der Waals surface area contributed by atoms with Crippen molar-refractivity contribution in [1.82, 2.24) is 4.98 Å². The van der Waals surface area contributed by atoms with Crippen LogP contribution in [0.25, 0.3) is 11.3 Å². The van der Waals surface area contributed by atoms with Gasteiger partial charge in [-0.3, -0.25) is 4.98 Å². The second-order valence-corrected chi connectivity index (χ2v) is 5.97. The van der Waals surface area contributed by atoms with Gasteiger partial charge in [-0.25, -0.2) is 8.42 Å². The molecule has 17 heavy (non-hydrogen) atoms. The van der Waals surface area contributed by atoms with Crippen molar-refractivity contribution in [1.29, 1.82) is 0 Å². The molecule has 88 valence electrons. The Morgan fingerprint density at radius 2 is 1.88 bits per heavy atom. The van der Waals surface area contributed by atoms with Crippen LogP contribution in [-0.2, 0) is 9.84 Å². The van der Waals surface area contributed by atoms with E-state index in [9.17, 15) is 8.42 Å². The fourth-order valence-electron chi connectivity index (χ4n) is 1.52. The average Bonchev–Trinajstić information content (AvgIpc) is 2.29. The smallest absolute Gasteiger partial charge is 0.177 e. The SMILES string of the molecule is CS(=O)(=O)c1cccc(-c2ccccn2)c1Cl. The zero-order valence-corrected chi connectivity index (χ0v) is 10.7. The molecule has 0 bridgehead atoms. The Bertz CT molecular complexity index is 639. The van der Waals surface area contributed by atoms with Crippen molar-refractivity contribution < 1.29 is 8.42 Å². The molecule has 3 nitrogen and oxygen atoms in total. The van der Waals surface area contributed by atoms with Crippen molar-refractivity contribution in [2.75, 3.05) is 6.26 Å². The molecule has 0 N–H and O–H groups in total.